The highest BCUT2D eigenvalue weighted by Gasteiger charge is 2.18. The summed E-state index contributed by atoms with van der Waals surface area (Å²) in [5, 5.41) is 12.9. The van der Waals surface area contributed by atoms with Crippen LogP contribution in [0.5, 0.6) is 0 Å². The largest absolute Gasteiger partial charge is 0.395 e. The summed E-state index contributed by atoms with van der Waals surface area (Å²) in [6.07, 6.45) is 1.67. The van der Waals surface area contributed by atoms with Gasteiger partial charge in [0.1, 0.15) is 0 Å². The highest BCUT2D eigenvalue weighted by atomic mass is 32.2. The van der Waals surface area contributed by atoms with Crippen molar-refractivity contribution >= 4 is 21.6 Å². The van der Waals surface area contributed by atoms with Gasteiger partial charge in [-0.2, -0.15) is 4.98 Å². The van der Waals surface area contributed by atoms with Gasteiger partial charge in [-0.1, -0.05) is 18.2 Å². The summed E-state index contributed by atoms with van der Waals surface area (Å²) in [7, 11) is -3.73. The summed E-state index contributed by atoms with van der Waals surface area (Å²) < 4.78 is 28.6. The van der Waals surface area contributed by atoms with Crippen LogP contribution in [0.2, 0.25) is 0 Å². The third kappa shape index (κ3) is 3.02. The third-order valence-corrected chi connectivity index (χ3v) is 4.76. The predicted octanol–water partition coefficient (Wildman–Crippen LogP) is 0.249. The molecule has 120 valence electrons. The highest BCUT2D eigenvalue weighted by molar-refractivity contribution is 7.89. The van der Waals surface area contributed by atoms with Crippen LogP contribution < -0.4 is 10.5 Å². The van der Waals surface area contributed by atoms with Crippen molar-refractivity contribution < 1.29 is 13.5 Å². The number of fused-ring (bicyclic) bond motifs is 1. The second-order valence-electron chi connectivity index (χ2n) is 4.81. The van der Waals surface area contributed by atoms with E-state index >= 15 is 0 Å². The molecule has 0 spiro atoms. The summed E-state index contributed by atoms with van der Waals surface area (Å²) >= 11 is 0. The second-order valence-corrected chi connectivity index (χ2v) is 6.54. The molecule has 0 radical (unpaired) electrons. The Balaban J connectivity index is 2.11. The molecule has 3 rings (SSSR count). The van der Waals surface area contributed by atoms with Crippen LogP contribution in [0, 0.1) is 0 Å². The quantitative estimate of drug-likeness (QED) is 0.615. The number of sulfonamides is 1. The van der Waals surface area contributed by atoms with E-state index in [4.69, 9.17) is 10.8 Å². The Morgan fingerprint density at radius 2 is 2.00 bits per heavy atom. The highest BCUT2D eigenvalue weighted by Crippen LogP contribution is 2.27. The first-order chi connectivity index (χ1) is 11.0. The predicted molar refractivity (Wildman–Crippen MR) is 85.1 cm³/mol. The van der Waals surface area contributed by atoms with Crippen LogP contribution in [0.3, 0.4) is 0 Å². The monoisotopic (exact) mass is 333 g/mol. The fourth-order valence-corrected chi connectivity index (χ4v) is 3.51. The average Bonchev–Trinajstić information content (AvgIpc) is 2.92. The van der Waals surface area contributed by atoms with Crippen molar-refractivity contribution in [3.05, 3.63) is 42.6 Å². The first kappa shape index (κ1) is 15.4. The molecule has 2 aromatic heterocycles. The van der Waals surface area contributed by atoms with E-state index in [0.29, 0.717) is 16.8 Å². The van der Waals surface area contributed by atoms with Crippen LogP contribution in [0.1, 0.15) is 0 Å². The molecule has 2 heterocycles. The summed E-state index contributed by atoms with van der Waals surface area (Å²) in [5.41, 5.74) is 7.32. The second kappa shape index (κ2) is 5.95. The van der Waals surface area contributed by atoms with Crippen LogP contribution in [-0.2, 0) is 10.0 Å². The van der Waals surface area contributed by atoms with E-state index in [1.807, 2.05) is 0 Å². The van der Waals surface area contributed by atoms with Gasteiger partial charge in [0.25, 0.3) is 0 Å². The molecule has 8 nitrogen and oxygen atoms in total. The van der Waals surface area contributed by atoms with Crippen LogP contribution in [0.25, 0.3) is 16.8 Å². The zero-order valence-electron chi connectivity index (χ0n) is 12.0. The fourth-order valence-electron chi connectivity index (χ4n) is 2.26. The maximum Gasteiger partial charge on any atom is 0.241 e. The molecule has 0 aliphatic heterocycles. The van der Waals surface area contributed by atoms with E-state index in [0.717, 1.165) is 0 Å². The zero-order valence-corrected chi connectivity index (χ0v) is 12.9. The summed E-state index contributed by atoms with van der Waals surface area (Å²) in [6, 6.07) is 10.1. The Morgan fingerprint density at radius 3 is 2.78 bits per heavy atom. The summed E-state index contributed by atoms with van der Waals surface area (Å²) in [5.74, 6) is 0.146. The molecule has 0 saturated carbocycles. The minimum absolute atomic E-state index is 0.0463. The molecule has 0 aliphatic rings. The SMILES string of the molecule is Nc1nc2ccc(-c3ccccc3S(=O)(=O)NCCO)cn2n1. The molecule has 0 atom stereocenters. The van der Waals surface area contributed by atoms with Gasteiger partial charge in [-0.25, -0.2) is 17.7 Å². The van der Waals surface area contributed by atoms with E-state index in [-0.39, 0.29) is 24.0 Å². The van der Waals surface area contributed by atoms with E-state index in [9.17, 15) is 8.42 Å². The number of hydrogen-bond acceptors (Lipinski definition) is 6. The number of nitrogens with zero attached hydrogens (tertiary/aromatic N) is 3. The van der Waals surface area contributed by atoms with Crippen LogP contribution in [-0.4, -0.2) is 41.3 Å². The number of anilines is 1. The van der Waals surface area contributed by atoms with E-state index in [2.05, 4.69) is 14.8 Å². The van der Waals surface area contributed by atoms with Gasteiger partial charge in [0.15, 0.2) is 5.65 Å². The molecule has 0 saturated heterocycles. The lowest BCUT2D eigenvalue weighted by molar-refractivity contribution is 0.301. The number of nitrogen functional groups attached to an aromatic ring is 1. The molecule has 0 bridgehead atoms. The molecule has 4 N–H and O–H groups in total. The van der Waals surface area contributed by atoms with E-state index in [1.165, 1.54) is 10.6 Å². The van der Waals surface area contributed by atoms with Gasteiger partial charge in [-0.05, 0) is 18.2 Å². The van der Waals surface area contributed by atoms with Gasteiger partial charge in [0, 0.05) is 23.9 Å². The number of nitrogens with two attached hydrogens (primary N) is 1. The molecule has 1 aromatic carbocycles. The van der Waals surface area contributed by atoms with Crippen molar-refractivity contribution in [1.82, 2.24) is 19.3 Å². The summed E-state index contributed by atoms with van der Waals surface area (Å²) in [4.78, 5) is 4.16. The van der Waals surface area contributed by atoms with E-state index < -0.39 is 10.0 Å². The number of nitrogens with one attached hydrogen (secondary N) is 1. The van der Waals surface area contributed by atoms with E-state index in [1.54, 1.807) is 36.5 Å². The Kier molecular flexibility index (Phi) is 3.99. The van der Waals surface area contributed by atoms with Crippen LogP contribution >= 0.6 is 0 Å². The first-order valence-corrected chi connectivity index (χ1v) is 8.31. The molecule has 0 fully saturated rings. The molecular weight excluding hydrogens is 318 g/mol. The first-order valence-electron chi connectivity index (χ1n) is 6.83. The van der Waals surface area contributed by atoms with Gasteiger partial charge in [-0.15, -0.1) is 5.10 Å². The Morgan fingerprint density at radius 1 is 1.22 bits per heavy atom. The normalized spacial score (nSPS) is 11.9. The number of aliphatic hydroxyl groups excluding tert-OH is 1. The number of aromatic nitrogens is 3. The van der Waals surface area contributed by atoms with Crippen molar-refractivity contribution in [2.45, 2.75) is 4.90 Å². The smallest absolute Gasteiger partial charge is 0.241 e. The van der Waals surface area contributed by atoms with Gasteiger partial charge < -0.3 is 10.8 Å². The van der Waals surface area contributed by atoms with Gasteiger partial charge in [-0.3, -0.25) is 0 Å². The van der Waals surface area contributed by atoms with Gasteiger partial charge in [0.05, 0.1) is 11.5 Å². The molecule has 9 heteroatoms. The van der Waals surface area contributed by atoms with Crippen molar-refractivity contribution in [3.63, 3.8) is 0 Å². The minimum atomic E-state index is -3.73. The van der Waals surface area contributed by atoms with Crippen molar-refractivity contribution in [3.8, 4) is 11.1 Å². The lowest BCUT2D eigenvalue weighted by Gasteiger charge is -2.11. The molecular formula is C14H15N5O3S. The molecule has 0 amide bonds. The maximum atomic E-state index is 12.4. The van der Waals surface area contributed by atoms with Crippen LogP contribution in [0.15, 0.2) is 47.5 Å². The maximum absolute atomic E-state index is 12.4. The minimum Gasteiger partial charge on any atom is -0.395 e. The summed E-state index contributed by atoms with van der Waals surface area (Å²) in [6.45, 7) is -0.319. The Labute approximate surface area is 132 Å². The standard InChI is InChI=1S/C14H15N5O3S/c15-14-17-13-6-5-10(9-19(13)18-14)11-3-1-2-4-12(11)23(21,22)16-7-8-20/h1-6,9,16,20H,7-8H2,(H2,15,18). The number of hydrogen-bond donors (Lipinski definition) is 3. The number of aliphatic hydroxyl groups is 1. The third-order valence-electron chi connectivity index (χ3n) is 3.24. The molecule has 0 unspecified atom stereocenters. The van der Waals surface area contributed by atoms with Gasteiger partial charge in [0.2, 0.25) is 16.0 Å². The molecule has 0 aliphatic carbocycles. The number of pyridine rings is 1. The van der Waals surface area contributed by atoms with Crippen molar-refractivity contribution in [1.29, 1.82) is 0 Å². The molecule has 3 aromatic rings. The number of benzene rings is 1. The molecule has 23 heavy (non-hydrogen) atoms. The lowest BCUT2D eigenvalue weighted by Crippen LogP contribution is -2.27. The van der Waals surface area contributed by atoms with Crippen molar-refractivity contribution in [2.24, 2.45) is 0 Å². The lowest BCUT2D eigenvalue weighted by atomic mass is 10.1. The van der Waals surface area contributed by atoms with Crippen LogP contribution in [0.4, 0.5) is 5.95 Å². The number of rotatable bonds is 5. The fraction of sp³-hybridized carbons (Fsp3) is 0.143. The Hall–Kier alpha value is -2.49. The zero-order chi connectivity index (χ0) is 16.4. The topological polar surface area (TPSA) is 123 Å². The van der Waals surface area contributed by atoms with Gasteiger partial charge >= 0.3 is 0 Å². The average molecular weight is 333 g/mol. The Bertz CT molecular complexity index is 952. The van der Waals surface area contributed by atoms with Crippen molar-refractivity contribution in [2.75, 3.05) is 18.9 Å².